The Morgan fingerprint density at radius 2 is 2.11 bits per heavy atom. The van der Waals surface area contributed by atoms with Crippen LogP contribution in [-0.2, 0) is 6.54 Å². The topological polar surface area (TPSA) is 74.7 Å². The van der Waals surface area contributed by atoms with Crippen LogP contribution in [0.25, 0.3) is 0 Å². The standard InChI is InChI=1S/C13H14N4O/c1-2-7-17-12(9-15-16-17)13(18)11-5-3-10(8-14)4-6-11/h3-6,9,13,18H,2,7H2,1H3. The summed E-state index contributed by atoms with van der Waals surface area (Å²) in [6.07, 6.45) is 1.73. The molecule has 5 heteroatoms. The zero-order valence-electron chi connectivity index (χ0n) is 10.1. The van der Waals surface area contributed by atoms with Gasteiger partial charge in [-0.25, -0.2) is 4.68 Å². The second-order valence-electron chi connectivity index (χ2n) is 4.02. The highest BCUT2D eigenvalue weighted by Crippen LogP contribution is 2.21. The van der Waals surface area contributed by atoms with Crippen LogP contribution < -0.4 is 0 Å². The van der Waals surface area contributed by atoms with E-state index in [9.17, 15) is 5.11 Å². The number of rotatable bonds is 4. The molecule has 1 heterocycles. The van der Waals surface area contributed by atoms with E-state index in [0.717, 1.165) is 18.5 Å². The van der Waals surface area contributed by atoms with Gasteiger partial charge in [0.05, 0.1) is 23.5 Å². The van der Waals surface area contributed by atoms with E-state index >= 15 is 0 Å². The number of hydrogen-bond acceptors (Lipinski definition) is 4. The van der Waals surface area contributed by atoms with E-state index < -0.39 is 6.10 Å². The summed E-state index contributed by atoms with van der Waals surface area (Å²) in [6, 6.07) is 8.91. The summed E-state index contributed by atoms with van der Waals surface area (Å²) in [6.45, 7) is 2.77. The van der Waals surface area contributed by atoms with E-state index in [1.807, 2.05) is 13.0 Å². The summed E-state index contributed by atoms with van der Waals surface area (Å²) >= 11 is 0. The number of benzene rings is 1. The summed E-state index contributed by atoms with van der Waals surface area (Å²) in [7, 11) is 0. The third-order valence-corrected chi connectivity index (χ3v) is 2.72. The molecular formula is C13H14N4O. The third-order valence-electron chi connectivity index (χ3n) is 2.72. The molecule has 1 N–H and O–H groups in total. The number of aromatic nitrogens is 3. The quantitative estimate of drug-likeness (QED) is 0.884. The van der Waals surface area contributed by atoms with Crippen molar-refractivity contribution in [2.24, 2.45) is 0 Å². The van der Waals surface area contributed by atoms with Gasteiger partial charge in [0, 0.05) is 6.54 Å². The predicted molar refractivity (Wildman–Crippen MR) is 65.5 cm³/mol. The second-order valence-corrected chi connectivity index (χ2v) is 4.02. The molecule has 1 unspecified atom stereocenters. The van der Waals surface area contributed by atoms with Crippen molar-refractivity contribution in [3.63, 3.8) is 0 Å². The fourth-order valence-electron chi connectivity index (χ4n) is 1.77. The molecule has 0 bridgehead atoms. The highest BCUT2D eigenvalue weighted by atomic mass is 16.3. The molecule has 0 amide bonds. The van der Waals surface area contributed by atoms with Crippen LogP contribution in [0.5, 0.6) is 0 Å². The molecule has 1 aromatic heterocycles. The Bertz CT molecular complexity index is 553. The lowest BCUT2D eigenvalue weighted by Crippen LogP contribution is -2.10. The zero-order valence-corrected chi connectivity index (χ0v) is 10.1. The van der Waals surface area contributed by atoms with E-state index in [0.29, 0.717) is 11.3 Å². The summed E-state index contributed by atoms with van der Waals surface area (Å²) in [4.78, 5) is 0. The van der Waals surface area contributed by atoms with Gasteiger partial charge in [-0.3, -0.25) is 0 Å². The number of hydrogen-bond donors (Lipinski definition) is 1. The van der Waals surface area contributed by atoms with E-state index in [1.165, 1.54) is 0 Å². The summed E-state index contributed by atoms with van der Waals surface area (Å²) < 4.78 is 1.70. The third kappa shape index (κ3) is 2.39. The first kappa shape index (κ1) is 12.3. The normalized spacial score (nSPS) is 12.1. The Morgan fingerprint density at radius 3 is 2.72 bits per heavy atom. The lowest BCUT2D eigenvalue weighted by atomic mass is 10.1. The Labute approximate surface area is 105 Å². The van der Waals surface area contributed by atoms with Crippen molar-refractivity contribution in [1.82, 2.24) is 15.0 Å². The maximum absolute atomic E-state index is 10.3. The molecule has 0 radical (unpaired) electrons. The molecule has 5 nitrogen and oxygen atoms in total. The van der Waals surface area contributed by atoms with Crippen LogP contribution in [0.3, 0.4) is 0 Å². The number of aryl methyl sites for hydroxylation is 1. The molecule has 1 aromatic carbocycles. The molecular weight excluding hydrogens is 228 g/mol. The molecule has 1 atom stereocenters. The van der Waals surface area contributed by atoms with Gasteiger partial charge >= 0.3 is 0 Å². The minimum absolute atomic E-state index is 0.575. The molecule has 0 fully saturated rings. The predicted octanol–water partition coefficient (Wildman–Crippen LogP) is 1.64. The Morgan fingerprint density at radius 1 is 1.39 bits per heavy atom. The van der Waals surface area contributed by atoms with E-state index in [4.69, 9.17) is 5.26 Å². The minimum atomic E-state index is -0.765. The number of nitriles is 1. The summed E-state index contributed by atoms with van der Waals surface area (Å²) in [5.74, 6) is 0. The number of aliphatic hydroxyl groups excluding tert-OH is 1. The van der Waals surface area contributed by atoms with Crippen molar-refractivity contribution in [1.29, 1.82) is 5.26 Å². The van der Waals surface area contributed by atoms with Crippen LogP contribution >= 0.6 is 0 Å². The average molecular weight is 242 g/mol. The summed E-state index contributed by atoms with van der Waals surface area (Å²) in [5, 5.41) is 26.8. The van der Waals surface area contributed by atoms with Crippen LogP contribution in [0, 0.1) is 11.3 Å². The highest BCUT2D eigenvalue weighted by molar-refractivity contribution is 5.34. The van der Waals surface area contributed by atoms with Crippen molar-refractivity contribution in [3.05, 3.63) is 47.3 Å². The van der Waals surface area contributed by atoms with Crippen LogP contribution in [0.4, 0.5) is 0 Å². The monoisotopic (exact) mass is 242 g/mol. The highest BCUT2D eigenvalue weighted by Gasteiger charge is 2.15. The van der Waals surface area contributed by atoms with E-state index in [2.05, 4.69) is 10.3 Å². The molecule has 0 saturated heterocycles. The maximum atomic E-state index is 10.3. The van der Waals surface area contributed by atoms with Crippen molar-refractivity contribution in [3.8, 4) is 6.07 Å². The van der Waals surface area contributed by atoms with Gasteiger partial charge in [-0.15, -0.1) is 5.10 Å². The van der Waals surface area contributed by atoms with Gasteiger partial charge in [0.15, 0.2) is 0 Å². The minimum Gasteiger partial charge on any atom is -0.382 e. The molecule has 0 spiro atoms. The average Bonchev–Trinajstić information content (AvgIpc) is 2.87. The Hall–Kier alpha value is -2.19. The molecule has 0 aliphatic heterocycles. The van der Waals surface area contributed by atoms with Crippen LogP contribution in [0.1, 0.15) is 36.3 Å². The van der Waals surface area contributed by atoms with Gasteiger partial charge < -0.3 is 5.11 Å². The van der Waals surface area contributed by atoms with Crippen molar-refractivity contribution in [2.75, 3.05) is 0 Å². The van der Waals surface area contributed by atoms with Gasteiger partial charge in [0.25, 0.3) is 0 Å². The first-order valence-corrected chi connectivity index (χ1v) is 5.82. The van der Waals surface area contributed by atoms with Gasteiger partial charge in [-0.1, -0.05) is 24.3 Å². The summed E-state index contributed by atoms with van der Waals surface area (Å²) in [5.41, 5.74) is 1.97. The van der Waals surface area contributed by atoms with Crippen LogP contribution in [-0.4, -0.2) is 20.1 Å². The van der Waals surface area contributed by atoms with Gasteiger partial charge in [0.2, 0.25) is 0 Å². The molecule has 0 aliphatic rings. The molecule has 2 rings (SSSR count). The van der Waals surface area contributed by atoms with E-state index in [-0.39, 0.29) is 0 Å². The van der Waals surface area contributed by atoms with Gasteiger partial charge in [0.1, 0.15) is 6.10 Å². The maximum Gasteiger partial charge on any atom is 0.122 e. The Kier molecular flexibility index (Phi) is 3.70. The molecule has 0 aliphatic carbocycles. The van der Waals surface area contributed by atoms with Gasteiger partial charge in [-0.05, 0) is 24.1 Å². The molecule has 2 aromatic rings. The molecule has 92 valence electrons. The van der Waals surface area contributed by atoms with Crippen molar-refractivity contribution in [2.45, 2.75) is 26.0 Å². The van der Waals surface area contributed by atoms with Crippen molar-refractivity contribution >= 4 is 0 Å². The Balaban J connectivity index is 2.26. The SMILES string of the molecule is CCCn1nncc1C(O)c1ccc(C#N)cc1. The van der Waals surface area contributed by atoms with Crippen LogP contribution in [0.2, 0.25) is 0 Å². The number of nitrogens with zero attached hydrogens (tertiary/aromatic N) is 4. The van der Waals surface area contributed by atoms with E-state index in [1.54, 1.807) is 35.1 Å². The van der Waals surface area contributed by atoms with Crippen LogP contribution in [0.15, 0.2) is 30.5 Å². The fourth-order valence-corrected chi connectivity index (χ4v) is 1.77. The largest absolute Gasteiger partial charge is 0.382 e. The lowest BCUT2D eigenvalue weighted by molar-refractivity contribution is 0.207. The molecule has 0 saturated carbocycles. The number of aliphatic hydroxyl groups is 1. The smallest absolute Gasteiger partial charge is 0.122 e. The first-order valence-electron chi connectivity index (χ1n) is 5.82. The van der Waals surface area contributed by atoms with Gasteiger partial charge in [-0.2, -0.15) is 5.26 Å². The second kappa shape index (κ2) is 5.43. The lowest BCUT2D eigenvalue weighted by Gasteiger charge is -2.12. The zero-order chi connectivity index (χ0) is 13.0. The van der Waals surface area contributed by atoms with Crippen molar-refractivity contribution < 1.29 is 5.11 Å². The molecule has 18 heavy (non-hydrogen) atoms. The fraction of sp³-hybridized carbons (Fsp3) is 0.308. The first-order chi connectivity index (χ1) is 8.76.